The van der Waals surface area contributed by atoms with Crippen molar-refractivity contribution < 1.29 is 9.90 Å². The lowest BCUT2D eigenvalue weighted by atomic mass is 10.3. The van der Waals surface area contributed by atoms with Gasteiger partial charge in [-0.3, -0.25) is 0 Å². The zero-order chi connectivity index (χ0) is 8.97. The molecule has 0 saturated carbocycles. The Morgan fingerprint density at radius 3 is 3.17 bits per heavy atom. The Morgan fingerprint density at radius 2 is 2.58 bits per heavy atom. The van der Waals surface area contributed by atoms with Gasteiger partial charge in [-0.25, -0.2) is 9.78 Å². The fourth-order valence-corrected chi connectivity index (χ4v) is 1.53. The van der Waals surface area contributed by atoms with Gasteiger partial charge in [-0.15, -0.1) is 11.3 Å². The average molecular weight is 186 g/mol. The number of nitrogens with zero attached hydrogens (tertiary/aromatic N) is 1. The standard InChI is InChI=1S/C7H10N2O2S/c1-2-8-3-5-6(7(10)11)9-4-12-5/h4,8H,2-3H2,1H3,(H,10,11). The molecule has 0 aliphatic rings. The predicted molar refractivity (Wildman–Crippen MR) is 46.5 cm³/mol. The van der Waals surface area contributed by atoms with Crippen molar-refractivity contribution >= 4 is 17.3 Å². The molecule has 2 N–H and O–H groups in total. The summed E-state index contributed by atoms with van der Waals surface area (Å²) in [4.78, 5) is 15.1. The first kappa shape index (κ1) is 9.15. The predicted octanol–water partition coefficient (Wildman–Crippen LogP) is 0.951. The SMILES string of the molecule is CCNCc1scnc1C(=O)O. The minimum atomic E-state index is -0.954. The Balaban J connectivity index is 2.70. The number of carbonyl (C=O) groups is 1. The van der Waals surface area contributed by atoms with Crippen molar-refractivity contribution in [3.8, 4) is 0 Å². The van der Waals surface area contributed by atoms with Crippen LogP contribution in [0.15, 0.2) is 5.51 Å². The smallest absolute Gasteiger partial charge is 0.355 e. The fourth-order valence-electron chi connectivity index (χ4n) is 0.809. The summed E-state index contributed by atoms with van der Waals surface area (Å²) in [6.07, 6.45) is 0. The van der Waals surface area contributed by atoms with Crippen LogP contribution in [0.1, 0.15) is 22.3 Å². The first-order valence-corrected chi connectivity index (χ1v) is 4.50. The molecule has 0 spiro atoms. The van der Waals surface area contributed by atoms with Gasteiger partial charge >= 0.3 is 5.97 Å². The average Bonchev–Trinajstić information content (AvgIpc) is 2.48. The number of carboxylic acid groups (broad SMARTS) is 1. The second-order valence-electron chi connectivity index (χ2n) is 2.21. The van der Waals surface area contributed by atoms with Crippen LogP contribution in [0.5, 0.6) is 0 Å². The van der Waals surface area contributed by atoms with E-state index >= 15 is 0 Å². The number of carboxylic acids is 1. The highest BCUT2D eigenvalue weighted by molar-refractivity contribution is 7.09. The number of hydrogen-bond donors (Lipinski definition) is 2. The van der Waals surface area contributed by atoms with Crippen LogP contribution in [0, 0.1) is 0 Å². The van der Waals surface area contributed by atoms with E-state index in [1.807, 2.05) is 6.92 Å². The van der Waals surface area contributed by atoms with Gasteiger partial charge in [0, 0.05) is 6.54 Å². The zero-order valence-electron chi connectivity index (χ0n) is 6.70. The number of aromatic nitrogens is 1. The first-order chi connectivity index (χ1) is 5.75. The van der Waals surface area contributed by atoms with Crippen LogP contribution in [-0.4, -0.2) is 22.6 Å². The molecular weight excluding hydrogens is 176 g/mol. The monoisotopic (exact) mass is 186 g/mol. The molecular formula is C7H10N2O2S. The van der Waals surface area contributed by atoms with Crippen LogP contribution < -0.4 is 5.32 Å². The van der Waals surface area contributed by atoms with E-state index in [1.54, 1.807) is 5.51 Å². The topological polar surface area (TPSA) is 62.2 Å². The summed E-state index contributed by atoms with van der Waals surface area (Å²) in [5.41, 5.74) is 1.72. The maximum atomic E-state index is 10.6. The minimum absolute atomic E-state index is 0.168. The van der Waals surface area contributed by atoms with Gasteiger partial charge < -0.3 is 10.4 Å². The second kappa shape index (κ2) is 4.18. The first-order valence-electron chi connectivity index (χ1n) is 3.62. The molecule has 4 nitrogen and oxygen atoms in total. The summed E-state index contributed by atoms with van der Waals surface area (Å²) in [5, 5.41) is 11.7. The van der Waals surface area contributed by atoms with Gasteiger partial charge in [0.25, 0.3) is 0 Å². The van der Waals surface area contributed by atoms with Gasteiger partial charge in [-0.2, -0.15) is 0 Å². The molecule has 1 rings (SSSR count). The van der Waals surface area contributed by atoms with Crippen LogP contribution in [0.2, 0.25) is 0 Å². The number of hydrogen-bond acceptors (Lipinski definition) is 4. The summed E-state index contributed by atoms with van der Waals surface area (Å²) in [5.74, 6) is -0.954. The van der Waals surface area contributed by atoms with E-state index in [-0.39, 0.29) is 5.69 Å². The summed E-state index contributed by atoms with van der Waals surface area (Å²) in [6.45, 7) is 3.39. The summed E-state index contributed by atoms with van der Waals surface area (Å²) >= 11 is 1.36. The third-order valence-corrected chi connectivity index (χ3v) is 2.21. The lowest BCUT2D eigenvalue weighted by Crippen LogP contribution is -2.13. The lowest BCUT2D eigenvalue weighted by molar-refractivity contribution is 0.0690. The Hall–Kier alpha value is -0.940. The molecule has 0 amide bonds. The van der Waals surface area contributed by atoms with E-state index < -0.39 is 5.97 Å². The van der Waals surface area contributed by atoms with Gasteiger partial charge in [0.15, 0.2) is 5.69 Å². The Bertz CT molecular complexity index is 272. The molecule has 66 valence electrons. The molecule has 5 heteroatoms. The number of aromatic carboxylic acids is 1. The molecule has 0 atom stereocenters. The molecule has 0 aliphatic carbocycles. The van der Waals surface area contributed by atoms with Crippen molar-refractivity contribution in [2.75, 3.05) is 6.54 Å². The van der Waals surface area contributed by atoms with Crippen molar-refractivity contribution in [3.63, 3.8) is 0 Å². The molecule has 1 heterocycles. The van der Waals surface area contributed by atoms with Crippen molar-refractivity contribution in [2.24, 2.45) is 0 Å². The van der Waals surface area contributed by atoms with Crippen molar-refractivity contribution in [1.82, 2.24) is 10.3 Å². The van der Waals surface area contributed by atoms with Crippen molar-refractivity contribution in [1.29, 1.82) is 0 Å². The summed E-state index contributed by atoms with van der Waals surface area (Å²) in [6, 6.07) is 0. The Kier molecular flexibility index (Phi) is 3.19. The third-order valence-electron chi connectivity index (χ3n) is 1.38. The van der Waals surface area contributed by atoms with Crippen LogP contribution >= 0.6 is 11.3 Å². The normalized spacial score (nSPS) is 10.1. The second-order valence-corrected chi connectivity index (χ2v) is 3.15. The number of nitrogens with one attached hydrogen (secondary N) is 1. The van der Waals surface area contributed by atoms with E-state index in [0.29, 0.717) is 6.54 Å². The Morgan fingerprint density at radius 1 is 1.83 bits per heavy atom. The highest BCUT2D eigenvalue weighted by atomic mass is 32.1. The highest BCUT2D eigenvalue weighted by Gasteiger charge is 2.11. The molecule has 0 aliphatic heterocycles. The van der Waals surface area contributed by atoms with Crippen LogP contribution in [0.3, 0.4) is 0 Å². The zero-order valence-corrected chi connectivity index (χ0v) is 7.52. The van der Waals surface area contributed by atoms with E-state index in [9.17, 15) is 4.79 Å². The maximum absolute atomic E-state index is 10.6. The van der Waals surface area contributed by atoms with Crippen molar-refractivity contribution in [2.45, 2.75) is 13.5 Å². The molecule has 1 aromatic rings. The number of rotatable bonds is 4. The number of thiazole rings is 1. The van der Waals surface area contributed by atoms with Gasteiger partial charge in [0.2, 0.25) is 0 Å². The highest BCUT2D eigenvalue weighted by Crippen LogP contribution is 2.12. The Labute approximate surface area is 74.3 Å². The molecule has 0 radical (unpaired) electrons. The third kappa shape index (κ3) is 2.02. The molecule has 1 aromatic heterocycles. The molecule has 12 heavy (non-hydrogen) atoms. The largest absolute Gasteiger partial charge is 0.476 e. The lowest BCUT2D eigenvalue weighted by Gasteiger charge is -1.98. The van der Waals surface area contributed by atoms with E-state index in [2.05, 4.69) is 10.3 Å². The summed E-state index contributed by atoms with van der Waals surface area (Å²) in [7, 11) is 0. The molecule has 0 fully saturated rings. The van der Waals surface area contributed by atoms with Crippen molar-refractivity contribution in [3.05, 3.63) is 16.1 Å². The fraction of sp³-hybridized carbons (Fsp3) is 0.429. The van der Waals surface area contributed by atoms with Gasteiger partial charge in [-0.05, 0) is 6.54 Å². The van der Waals surface area contributed by atoms with Crippen LogP contribution in [0.25, 0.3) is 0 Å². The van der Waals surface area contributed by atoms with Gasteiger partial charge in [-0.1, -0.05) is 6.92 Å². The van der Waals surface area contributed by atoms with E-state index in [0.717, 1.165) is 11.4 Å². The van der Waals surface area contributed by atoms with E-state index in [4.69, 9.17) is 5.11 Å². The quantitative estimate of drug-likeness (QED) is 0.735. The molecule has 0 saturated heterocycles. The molecule has 0 bridgehead atoms. The van der Waals surface area contributed by atoms with Gasteiger partial charge in [0.05, 0.1) is 10.4 Å². The minimum Gasteiger partial charge on any atom is -0.476 e. The maximum Gasteiger partial charge on any atom is 0.355 e. The summed E-state index contributed by atoms with van der Waals surface area (Å²) < 4.78 is 0. The molecule has 0 aromatic carbocycles. The molecule has 0 unspecified atom stereocenters. The van der Waals surface area contributed by atoms with Crippen LogP contribution in [0.4, 0.5) is 0 Å². The van der Waals surface area contributed by atoms with E-state index in [1.165, 1.54) is 11.3 Å². The van der Waals surface area contributed by atoms with Gasteiger partial charge in [0.1, 0.15) is 0 Å². The van der Waals surface area contributed by atoms with Crippen LogP contribution in [-0.2, 0) is 6.54 Å².